The lowest BCUT2D eigenvalue weighted by Crippen LogP contribution is -2.22. The van der Waals surface area contributed by atoms with E-state index in [1.165, 1.54) is 18.2 Å². The minimum Gasteiger partial charge on any atom is -0.386 e. The minimum absolute atomic E-state index is 0.00215. The molecular formula is C9H10FIO3S. The van der Waals surface area contributed by atoms with Crippen molar-refractivity contribution in [2.45, 2.75) is 9.36 Å². The maximum Gasteiger partial charge on any atom is 0.162 e. The Morgan fingerprint density at radius 3 is 2.40 bits per heavy atom. The van der Waals surface area contributed by atoms with Crippen LogP contribution in [-0.4, -0.2) is 23.0 Å². The first kappa shape index (κ1) is 12.9. The van der Waals surface area contributed by atoms with Gasteiger partial charge >= 0.3 is 0 Å². The lowest BCUT2D eigenvalue weighted by atomic mass is 10.1. The topological polar surface area (TPSA) is 54.4 Å². The summed E-state index contributed by atoms with van der Waals surface area (Å²) in [5.74, 6) is -0.602. The van der Waals surface area contributed by atoms with Crippen LogP contribution in [0.5, 0.6) is 0 Å². The molecule has 0 bridgehead atoms. The number of sulfone groups is 1. The second-order valence-corrected chi connectivity index (χ2v) is 7.50. The van der Waals surface area contributed by atoms with Gasteiger partial charge in [0.15, 0.2) is 9.84 Å². The molecule has 0 aromatic heterocycles. The first-order chi connectivity index (χ1) is 6.84. The number of hydrogen-bond acceptors (Lipinski definition) is 3. The van der Waals surface area contributed by atoms with Crippen molar-refractivity contribution < 1.29 is 17.9 Å². The number of alkyl halides is 1. The summed E-state index contributed by atoms with van der Waals surface area (Å²) in [5, 5.41) is 9.68. The molecule has 1 rings (SSSR count). The van der Waals surface area contributed by atoms with Crippen molar-refractivity contribution in [3.63, 3.8) is 0 Å². The summed E-state index contributed by atoms with van der Waals surface area (Å²) in [5.41, 5.74) is 0.00215. The molecule has 6 heteroatoms. The van der Waals surface area contributed by atoms with Gasteiger partial charge in [-0.3, -0.25) is 0 Å². The zero-order chi connectivity index (χ0) is 11.6. The highest BCUT2D eigenvalue weighted by Crippen LogP contribution is 2.28. The maximum absolute atomic E-state index is 13.2. The van der Waals surface area contributed by atoms with Crippen molar-refractivity contribution >= 4 is 32.4 Å². The average Bonchev–Trinajstić information content (AvgIpc) is 2.15. The molecule has 2 atom stereocenters. The Labute approximate surface area is 101 Å². The van der Waals surface area contributed by atoms with Crippen molar-refractivity contribution in [3.8, 4) is 0 Å². The van der Waals surface area contributed by atoms with Crippen molar-refractivity contribution in [1.29, 1.82) is 0 Å². The molecular weight excluding hydrogens is 334 g/mol. The van der Waals surface area contributed by atoms with Gasteiger partial charge in [-0.15, -0.1) is 0 Å². The van der Waals surface area contributed by atoms with E-state index in [-0.39, 0.29) is 5.56 Å². The molecule has 0 heterocycles. The summed E-state index contributed by atoms with van der Waals surface area (Å²) in [6.07, 6.45) is -0.337. The summed E-state index contributed by atoms with van der Waals surface area (Å²) in [7, 11) is -3.40. The zero-order valence-electron chi connectivity index (χ0n) is 7.89. The van der Waals surface area contributed by atoms with Crippen LogP contribution in [0.2, 0.25) is 0 Å². The zero-order valence-corrected chi connectivity index (χ0v) is 10.9. The van der Waals surface area contributed by atoms with Crippen molar-refractivity contribution in [1.82, 2.24) is 0 Å². The Kier molecular flexibility index (Phi) is 4.07. The summed E-state index contributed by atoms with van der Waals surface area (Å²) >= 11 is 1.59. The number of aliphatic hydroxyl groups is 1. The standard InChI is InChI=1S/C9H10FIO3S/c1-15(13,14)9(11)8(12)6-4-2-3-5-7(6)10/h2-5,8-9,12H,1H3. The summed E-state index contributed by atoms with van der Waals surface area (Å²) < 4.78 is 34.5. The van der Waals surface area contributed by atoms with Gasteiger partial charge in [-0.2, -0.15) is 0 Å². The van der Waals surface area contributed by atoms with E-state index in [2.05, 4.69) is 0 Å². The van der Waals surface area contributed by atoms with Crippen LogP contribution in [0.1, 0.15) is 11.7 Å². The van der Waals surface area contributed by atoms with Gasteiger partial charge in [-0.05, 0) is 6.07 Å². The molecule has 0 aliphatic carbocycles. The van der Waals surface area contributed by atoms with Gasteiger partial charge in [0.05, 0.1) is 0 Å². The van der Waals surface area contributed by atoms with Gasteiger partial charge < -0.3 is 5.11 Å². The average molecular weight is 344 g/mol. The molecule has 1 aromatic rings. The third kappa shape index (κ3) is 3.12. The number of rotatable bonds is 3. The first-order valence-electron chi connectivity index (χ1n) is 4.09. The molecule has 0 aliphatic rings. The fourth-order valence-electron chi connectivity index (χ4n) is 1.09. The lowest BCUT2D eigenvalue weighted by Gasteiger charge is -2.16. The molecule has 0 amide bonds. The molecule has 3 nitrogen and oxygen atoms in total. The van der Waals surface area contributed by atoms with Crippen LogP contribution in [0.25, 0.3) is 0 Å². The van der Waals surface area contributed by atoms with E-state index in [4.69, 9.17) is 0 Å². The first-order valence-corrected chi connectivity index (χ1v) is 7.29. The van der Waals surface area contributed by atoms with E-state index in [0.717, 1.165) is 6.26 Å². The fraction of sp³-hybridized carbons (Fsp3) is 0.333. The van der Waals surface area contributed by atoms with E-state index in [0.29, 0.717) is 0 Å². The van der Waals surface area contributed by atoms with Crippen LogP contribution in [-0.2, 0) is 9.84 Å². The highest BCUT2D eigenvalue weighted by molar-refractivity contribution is 14.1. The minimum atomic E-state index is -3.40. The van der Waals surface area contributed by atoms with Crippen molar-refractivity contribution in [2.75, 3.05) is 6.26 Å². The maximum atomic E-state index is 13.2. The molecule has 0 fully saturated rings. The van der Waals surface area contributed by atoms with Crippen LogP contribution in [0.15, 0.2) is 24.3 Å². The summed E-state index contributed by atoms with van der Waals surface area (Å²) in [4.78, 5) is 0. The monoisotopic (exact) mass is 344 g/mol. The quantitative estimate of drug-likeness (QED) is 0.670. The number of aliphatic hydroxyl groups excluding tert-OH is 1. The second-order valence-electron chi connectivity index (χ2n) is 3.15. The van der Waals surface area contributed by atoms with Gasteiger partial charge in [0.2, 0.25) is 0 Å². The predicted molar refractivity (Wildman–Crippen MR) is 64.0 cm³/mol. The van der Waals surface area contributed by atoms with E-state index in [1.54, 1.807) is 28.7 Å². The number of benzene rings is 1. The molecule has 0 radical (unpaired) electrons. The molecule has 2 unspecified atom stereocenters. The third-order valence-electron chi connectivity index (χ3n) is 1.88. The van der Waals surface area contributed by atoms with E-state index in [9.17, 15) is 17.9 Å². The fourth-order valence-corrected chi connectivity index (χ4v) is 2.09. The highest BCUT2D eigenvalue weighted by Gasteiger charge is 2.28. The van der Waals surface area contributed by atoms with E-state index >= 15 is 0 Å². The molecule has 1 aromatic carbocycles. The number of hydrogen-bond donors (Lipinski definition) is 1. The van der Waals surface area contributed by atoms with Gasteiger partial charge in [0.1, 0.15) is 15.2 Å². The Morgan fingerprint density at radius 1 is 1.40 bits per heavy atom. The predicted octanol–water partition coefficient (Wildman–Crippen LogP) is 1.66. The Bertz CT molecular complexity index is 446. The smallest absolute Gasteiger partial charge is 0.162 e. The third-order valence-corrected chi connectivity index (χ3v) is 6.41. The van der Waals surface area contributed by atoms with E-state index in [1.807, 2.05) is 0 Å². The van der Waals surface area contributed by atoms with Crippen LogP contribution in [0.4, 0.5) is 4.39 Å². The lowest BCUT2D eigenvalue weighted by molar-refractivity contribution is 0.192. The van der Waals surface area contributed by atoms with Gasteiger partial charge in [-0.1, -0.05) is 40.8 Å². The summed E-state index contributed by atoms with van der Waals surface area (Å²) in [6, 6.07) is 5.59. The van der Waals surface area contributed by atoms with Crippen LogP contribution in [0.3, 0.4) is 0 Å². The Morgan fingerprint density at radius 2 is 1.93 bits per heavy atom. The van der Waals surface area contributed by atoms with Gasteiger partial charge in [0.25, 0.3) is 0 Å². The van der Waals surface area contributed by atoms with Crippen LogP contribution in [0, 0.1) is 5.82 Å². The normalized spacial score (nSPS) is 16.0. The molecule has 0 spiro atoms. The SMILES string of the molecule is CS(=O)(=O)C(I)C(O)c1ccccc1F. The molecule has 84 valence electrons. The van der Waals surface area contributed by atoms with Gasteiger partial charge in [-0.25, -0.2) is 12.8 Å². The molecule has 1 N–H and O–H groups in total. The Hall–Kier alpha value is -0.210. The van der Waals surface area contributed by atoms with Crippen LogP contribution < -0.4 is 0 Å². The van der Waals surface area contributed by atoms with E-state index < -0.39 is 25.0 Å². The molecule has 15 heavy (non-hydrogen) atoms. The molecule has 0 saturated heterocycles. The van der Waals surface area contributed by atoms with Crippen molar-refractivity contribution in [2.24, 2.45) is 0 Å². The number of halogens is 2. The van der Waals surface area contributed by atoms with Gasteiger partial charge in [0, 0.05) is 11.8 Å². The molecule has 0 aliphatic heterocycles. The highest BCUT2D eigenvalue weighted by atomic mass is 127. The van der Waals surface area contributed by atoms with Crippen LogP contribution >= 0.6 is 22.6 Å². The largest absolute Gasteiger partial charge is 0.386 e. The summed E-state index contributed by atoms with van der Waals surface area (Å²) in [6.45, 7) is 0. The molecule has 0 saturated carbocycles. The second kappa shape index (κ2) is 4.75. The Balaban J connectivity index is 3.06. The van der Waals surface area contributed by atoms with Crippen molar-refractivity contribution in [3.05, 3.63) is 35.6 Å².